The van der Waals surface area contributed by atoms with Gasteiger partial charge in [-0.3, -0.25) is 9.78 Å². The number of amides is 1. The highest BCUT2D eigenvalue weighted by atomic mass is 35.5. The van der Waals surface area contributed by atoms with Crippen molar-refractivity contribution in [2.75, 3.05) is 0 Å². The Morgan fingerprint density at radius 2 is 2.09 bits per heavy atom. The first-order chi connectivity index (χ1) is 5.13. The third-order valence-electron chi connectivity index (χ3n) is 1.10. The van der Waals surface area contributed by atoms with Crippen LogP contribution in [0.5, 0.6) is 0 Å². The standard InChI is InChI=1S/C6H4Cl2N2O/c7-4-2-10-1-3(5(4)8)6(9)11/h1-2H,(H2,9,11). The van der Waals surface area contributed by atoms with Crippen molar-refractivity contribution in [3.05, 3.63) is 28.0 Å². The summed E-state index contributed by atoms with van der Waals surface area (Å²) in [6.07, 6.45) is 2.62. The van der Waals surface area contributed by atoms with Crippen molar-refractivity contribution in [1.29, 1.82) is 0 Å². The monoisotopic (exact) mass is 190 g/mol. The lowest BCUT2D eigenvalue weighted by atomic mass is 10.3. The Morgan fingerprint density at radius 3 is 2.55 bits per heavy atom. The van der Waals surface area contributed by atoms with Crippen LogP contribution in [0.15, 0.2) is 12.4 Å². The molecule has 3 nitrogen and oxygen atoms in total. The van der Waals surface area contributed by atoms with Gasteiger partial charge in [0.25, 0.3) is 5.91 Å². The van der Waals surface area contributed by atoms with Gasteiger partial charge in [-0.05, 0) is 0 Å². The summed E-state index contributed by atoms with van der Waals surface area (Å²) in [5.41, 5.74) is 5.10. The largest absolute Gasteiger partial charge is 0.366 e. The van der Waals surface area contributed by atoms with E-state index < -0.39 is 5.91 Å². The molecular weight excluding hydrogens is 187 g/mol. The van der Waals surface area contributed by atoms with Crippen molar-refractivity contribution in [2.24, 2.45) is 5.73 Å². The Hall–Kier alpha value is -0.800. The zero-order valence-electron chi connectivity index (χ0n) is 5.34. The quantitative estimate of drug-likeness (QED) is 0.730. The Morgan fingerprint density at radius 1 is 1.45 bits per heavy atom. The van der Waals surface area contributed by atoms with Gasteiger partial charge in [0.1, 0.15) is 0 Å². The maximum atomic E-state index is 10.6. The van der Waals surface area contributed by atoms with Crippen molar-refractivity contribution in [1.82, 2.24) is 4.98 Å². The fourth-order valence-electron chi connectivity index (χ4n) is 0.591. The molecule has 0 aliphatic rings. The number of nitrogens with two attached hydrogens (primary N) is 1. The van der Waals surface area contributed by atoms with Crippen LogP contribution in [0.3, 0.4) is 0 Å². The van der Waals surface area contributed by atoms with E-state index in [-0.39, 0.29) is 15.6 Å². The van der Waals surface area contributed by atoms with Crippen LogP contribution < -0.4 is 5.73 Å². The van der Waals surface area contributed by atoms with Crippen LogP contribution in [0.1, 0.15) is 10.4 Å². The summed E-state index contributed by atoms with van der Waals surface area (Å²) in [6.45, 7) is 0. The zero-order valence-corrected chi connectivity index (χ0v) is 6.86. The van der Waals surface area contributed by atoms with Crippen LogP contribution in [0.2, 0.25) is 10.0 Å². The number of carbonyl (C=O) groups excluding carboxylic acids is 1. The van der Waals surface area contributed by atoms with E-state index in [4.69, 9.17) is 28.9 Å². The van der Waals surface area contributed by atoms with E-state index in [2.05, 4.69) is 4.98 Å². The molecular formula is C6H4Cl2N2O. The molecule has 1 aromatic rings. The van der Waals surface area contributed by atoms with Crippen LogP contribution in [0.4, 0.5) is 0 Å². The molecule has 0 radical (unpaired) electrons. The van der Waals surface area contributed by atoms with Gasteiger partial charge >= 0.3 is 0 Å². The van der Waals surface area contributed by atoms with Crippen LogP contribution >= 0.6 is 23.2 Å². The molecule has 11 heavy (non-hydrogen) atoms. The summed E-state index contributed by atoms with van der Waals surface area (Å²) < 4.78 is 0. The van der Waals surface area contributed by atoms with Crippen LogP contribution in [-0.2, 0) is 0 Å². The van der Waals surface area contributed by atoms with E-state index in [1.807, 2.05) is 0 Å². The van der Waals surface area contributed by atoms with Crippen molar-refractivity contribution in [3.63, 3.8) is 0 Å². The van der Waals surface area contributed by atoms with Crippen LogP contribution in [0.25, 0.3) is 0 Å². The Kier molecular flexibility index (Phi) is 2.31. The van der Waals surface area contributed by atoms with E-state index in [0.717, 1.165) is 0 Å². The number of hydrogen-bond acceptors (Lipinski definition) is 2. The number of aromatic nitrogens is 1. The van der Waals surface area contributed by atoms with Crippen LogP contribution in [-0.4, -0.2) is 10.9 Å². The second-order valence-electron chi connectivity index (χ2n) is 1.85. The van der Waals surface area contributed by atoms with E-state index >= 15 is 0 Å². The van der Waals surface area contributed by atoms with Crippen molar-refractivity contribution in [3.8, 4) is 0 Å². The van der Waals surface area contributed by atoms with Crippen molar-refractivity contribution >= 4 is 29.1 Å². The molecule has 0 saturated heterocycles. The maximum absolute atomic E-state index is 10.6. The predicted molar refractivity (Wildman–Crippen MR) is 42.8 cm³/mol. The van der Waals surface area contributed by atoms with Crippen molar-refractivity contribution < 1.29 is 4.79 Å². The second-order valence-corrected chi connectivity index (χ2v) is 2.63. The van der Waals surface area contributed by atoms with Gasteiger partial charge in [-0.15, -0.1) is 0 Å². The SMILES string of the molecule is NC(=O)c1cncc(Cl)c1Cl. The first-order valence-corrected chi connectivity index (χ1v) is 3.47. The highest BCUT2D eigenvalue weighted by molar-refractivity contribution is 6.43. The van der Waals surface area contributed by atoms with Gasteiger partial charge < -0.3 is 5.73 Å². The van der Waals surface area contributed by atoms with Gasteiger partial charge in [-0.2, -0.15) is 0 Å². The lowest BCUT2D eigenvalue weighted by Gasteiger charge is -1.98. The number of primary amides is 1. The number of carbonyl (C=O) groups is 1. The molecule has 1 heterocycles. The van der Waals surface area contributed by atoms with Crippen LogP contribution in [0, 0.1) is 0 Å². The minimum absolute atomic E-state index is 0.138. The summed E-state index contributed by atoms with van der Waals surface area (Å²) in [5.74, 6) is -0.634. The molecule has 1 amide bonds. The molecule has 0 aromatic carbocycles. The lowest BCUT2D eigenvalue weighted by molar-refractivity contribution is 0.1000. The number of halogens is 2. The molecule has 0 bridgehead atoms. The zero-order chi connectivity index (χ0) is 8.43. The van der Waals surface area contributed by atoms with E-state index in [0.29, 0.717) is 0 Å². The number of pyridine rings is 1. The lowest BCUT2D eigenvalue weighted by Crippen LogP contribution is -2.11. The van der Waals surface area contributed by atoms with E-state index in [1.54, 1.807) is 0 Å². The molecule has 58 valence electrons. The average molecular weight is 191 g/mol. The molecule has 0 saturated carbocycles. The normalized spacial score (nSPS) is 9.64. The average Bonchev–Trinajstić information content (AvgIpc) is 1.94. The molecule has 5 heteroatoms. The summed E-state index contributed by atoms with van der Waals surface area (Å²) in [4.78, 5) is 14.3. The third kappa shape index (κ3) is 1.61. The van der Waals surface area contributed by atoms with Gasteiger partial charge in [0.2, 0.25) is 0 Å². The third-order valence-corrected chi connectivity index (χ3v) is 1.89. The van der Waals surface area contributed by atoms with E-state index in [1.165, 1.54) is 12.4 Å². The molecule has 0 spiro atoms. The predicted octanol–water partition coefficient (Wildman–Crippen LogP) is 1.49. The first kappa shape index (κ1) is 8.30. The number of nitrogens with zero attached hydrogens (tertiary/aromatic N) is 1. The summed E-state index contributed by atoms with van der Waals surface area (Å²) in [6, 6.07) is 0. The molecule has 0 aliphatic heterocycles. The Balaban J connectivity index is 3.27. The summed E-state index contributed by atoms with van der Waals surface area (Å²) >= 11 is 11.2. The topological polar surface area (TPSA) is 56.0 Å². The minimum Gasteiger partial charge on any atom is -0.366 e. The molecule has 2 N–H and O–H groups in total. The fraction of sp³-hybridized carbons (Fsp3) is 0. The highest BCUT2D eigenvalue weighted by Crippen LogP contribution is 2.23. The fourth-order valence-corrected chi connectivity index (χ4v) is 0.940. The number of rotatable bonds is 1. The maximum Gasteiger partial charge on any atom is 0.251 e. The molecule has 0 aliphatic carbocycles. The van der Waals surface area contributed by atoms with Gasteiger partial charge in [0.05, 0.1) is 15.6 Å². The Bertz CT molecular complexity index is 301. The molecule has 0 atom stereocenters. The molecule has 1 rings (SSSR count). The number of hydrogen-bond donors (Lipinski definition) is 1. The van der Waals surface area contributed by atoms with Gasteiger partial charge in [0.15, 0.2) is 0 Å². The van der Waals surface area contributed by atoms with Gasteiger partial charge in [0, 0.05) is 12.4 Å². The highest BCUT2D eigenvalue weighted by Gasteiger charge is 2.08. The smallest absolute Gasteiger partial charge is 0.251 e. The Labute approximate surface area is 73.1 Å². The van der Waals surface area contributed by atoms with Gasteiger partial charge in [-0.1, -0.05) is 23.2 Å². The summed E-state index contributed by atoms with van der Waals surface area (Å²) in [7, 11) is 0. The van der Waals surface area contributed by atoms with Gasteiger partial charge in [-0.25, -0.2) is 0 Å². The molecule has 0 unspecified atom stereocenters. The molecule has 0 fully saturated rings. The first-order valence-electron chi connectivity index (χ1n) is 2.71. The molecule has 1 aromatic heterocycles. The van der Waals surface area contributed by atoms with E-state index in [9.17, 15) is 4.79 Å². The summed E-state index contributed by atoms with van der Waals surface area (Å²) in [5, 5.41) is 0.372. The van der Waals surface area contributed by atoms with Crippen molar-refractivity contribution in [2.45, 2.75) is 0 Å². The second kappa shape index (κ2) is 3.07. The minimum atomic E-state index is -0.634.